The third kappa shape index (κ3) is 4.05. The molecular weight excluding hydrogens is 334 g/mol. The van der Waals surface area contributed by atoms with Gasteiger partial charge in [0.2, 0.25) is 0 Å². The van der Waals surface area contributed by atoms with Crippen molar-refractivity contribution in [1.82, 2.24) is 14.5 Å². The van der Waals surface area contributed by atoms with Gasteiger partial charge < -0.3 is 9.84 Å². The fraction of sp³-hybridized carbons (Fsp3) is 0.474. The monoisotopic (exact) mass is 359 g/mol. The molecule has 1 aromatic carbocycles. The minimum absolute atomic E-state index is 0.394. The molecule has 1 aliphatic rings. The Bertz CT molecular complexity index is 857. The van der Waals surface area contributed by atoms with Gasteiger partial charge in [-0.3, -0.25) is 19.2 Å². The molecule has 1 fully saturated rings. The lowest BCUT2D eigenvalue weighted by atomic mass is 9.88. The van der Waals surface area contributed by atoms with Gasteiger partial charge in [-0.25, -0.2) is 4.79 Å². The molecule has 3 rings (SSSR count). The van der Waals surface area contributed by atoms with Gasteiger partial charge in [0.25, 0.3) is 5.56 Å². The molecule has 0 saturated carbocycles. The molecule has 26 heavy (non-hydrogen) atoms. The number of nitrogens with one attached hydrogen (secondary N) is 1. The Morgan fingerprint density at radius 1 is 1.31 bits per heavy atom. The number of rotatable bonds is 5. The Morgan fingerprint density at radius 3 is 2.77 bits per heavy atom. The van der Waals surface area contributed by atoms with E-state index in [2.05, 4.69) is 9.88 Å². The number of aromatic amines is 1. The van der Waals surface area contributed by atoms with Crippen LogP contribution in [0.5, 0.6) is 5.75 Å². The van der Waals surface area contributed by atoms with Crippen LogP contribution in [0.2, 0.25) is 0 Å². The number of H-pyrrole nitrogens is 1. The quantitative estimate of drug-likeness (QED) is 0.829. The second-order valence-electron chi connectivity index (χ2n) is 7.06. The molecule has 0 radical (unpaired) electrons. The topological polar surface area (TPSA) is 87.6 Å². The van der Waals surface area contributed by atoms with Crippen LogP contribution in [0.3, 0.4) is 0 Å². The highest BCUT2D eigenvalue weighted by Crippen LogP contribution is 2.30. The predicted octanol–water partition coefficient (Wildman–Crippen LogP) is 0.922. The normalized spacial score (nSPS) is 23.7. The summed E-state index contributed by atoms with van der Waals surface area (Å²) in [5.41, 5.74) is -1.46. The molecule has 1 saturated heterocycles. The van der Waals surface area contributed by atoms with Gasteiger partial charge in [0, 0.05) is 31.4 Å². The standard InChI is InChI=1S/C19H25N3O4/c1-14-12-22(18(24)20-17(14)23)16-13-21(9-8-19(16,2)25)10-11-26-15-6-4-3-5-7-15/h3-7,12,16,25H,8-11,13H2,1-2H3,(H,20,23,24)/t16-,19-/m1/s1. The number of hydrogen-bond acceptors (Lipinski definition) is 5. The highest BCUT2D eigenvalue weighted by Gasteiger charge is 2.39. The van der Waals surface area contributed by atoms with Crippen molar-refractivity contribution in [2.24, 2.45) is 0 Å². The Labute approximate surface area is 151 Å². The summed E-state index contributed by atoms with van der Waals surface area (Å²) in [6.07, 6.45) is 2.07. The number of aryl methyl sites for hydroxylation is 1. The van der Waals surface area contributed by atoms with Crippen LogP contribution >= 0.6 is 0 Å². The molecule has 0 unspecified atom stereocenters. The van der Waals surface area contributed by atoms with Gasteiger partial charge in [-0.15, -0.1) is 0 Å². The summed E-state index contributed by atoms with van der Waals surface area (Å²) in [6.45, 7) is 5.84. The van der Waals surface area contributed by atoms with E-state index >= 15 is 0 Å². The molecule has 7 nitrogen and oxygen atoms in total. The van der Waals surface area contributed by atoms with Crippen LogP contribution < -0.4 is 16.0 Å². The molecule has 1 aliphatic heterocycles. The lowest BCUT2D eigenvalue weighted by Gasteiger charge is -2.43. The van der Waals surface area contributed by atoms with E-state index < -0.39 is 22.9 Å². The van der Waals surface area contributed by atoms with Crippen LogP contribution in [-0.4, -0.2) is 51.4 Å². The first-order valence-corrected chi connectivity index (χ1v) is 8.81. The number of likely N-dealkylation sites (tertiary alicyclic amines) is 1. The van der Waals surface area contributed by atoms with E-state index in [0.717, 1.165) is 12.3 Å². The Balaban J connectivity index is 1.70. The first-order chi connectivity index (χ1) is 12.4. The molecule has 1 aromatic heterocycles. The molecule has 2 heterocycles. The number of ether oxygens (including phenoxy) is 1. The molecule has 7 heteroatoms. The number of nitrogens with zero attached hydrogens (tertiary/aromatic N) is 2. The van der Waals surface area contributed by atoms with Crippen molar-refractivity contribution >= 4 is 0 Å². The number of aromatic nitrogens is 2. The summed E-state index contributed by atoms with van der Waals surface area (Å²) < 4.78 is 7.19. The highest BCUT2D eigenvalue weighted by molar-refractivity contribution is 5.20. The van der Waals surface area contributed by atoms with E-state index in [9.17, 15) is 14.7 Å². The van der Waals surface area contributed by atoms with Gasteiger partial charge in [-0.2, -0.15) is 0 Å². The largest absolute Gasteiger partial charge is 0.492 e. The van der Waals surface area contributed by atoms with E-state index in [1.165, 1.54) is 10.8 Å². The fourth-order valence-electron chi connectivity index (χ4n) is 3.30. The maximum atomic E-state index is 12.2. The molecule has 2 atom stereocenters. The Kier molecular flexibility index (Phi) is 5.29. The fourth-order valence-corrected chi connectivity index (χ4v) is 3.30. The van der Waals surface area contributed by atoms with Crippen molar-refractivity contribution in [2.45, 2.75) is 31.9 Å². The zero-order valence-electron chi connectivity index (χ0n) is 15.1. The van der Waals surface area contributed by atoms with Crippen molar-refractivity contribution in [1.29, 1.82) is 0 Å². The van der Waals surface area contributed by atoms with Crippen LogP contribution in [0, 0.1) is 6.92 Å². The summed E-state index contributed by atoms with van der Waals surface area (Å²) in [5, 5.41) is 10.8. The molecular formula is C19H25N3O4. The van der Waals surface area contributed by atoms with E-state index in [0.29, 0.717) is 31.7 Å². The third-order valence-electron chi connectivity index (χ3n) is 4.98. The van der Waals surface area contributed by atoms with Gasteiger partial charge in [0.1, 0.15) is 12.4 Å². The average Bonchev–Trinajstić information content (AvgIpc) is 2.60. The summed E-state index contributed by atoms with van der Waals surface area (Å²) in [5.74, 6) is 0.820. The van der Waals surface area contributed by atoms with Crippen LogP contribution in [0.4, 0.5) is 0 Å². The van der Waals surface area contributed by atoms with Gasteiger partial charge in [-0.1, -0.05) is 18.2 Å². The van der Waals surface area contributed by atoms with E-state index in [4.69, 9.17) is 4.74 Å². The van der Waals surface area contributed by atoms with E-state index in [1.54, 1.807) is 13.8 Å². The summed E-state index contributed by atoms with van der Waals surface area (Å²) in [7, 11) is 0. The average molecular weight is 359 g/mol. The Morgan fingerprint density at radius 2 is 2.04 bits per heavy atom. The maximum absolute atomic E-state index is 12.2. The molecule has 140 valence electrons. The van der Waals surface area contributed by atoms with Crippen molar-refractivity contribution in [3.63, 3.8) is 0 Å². The van der Waals surface area contributed by atoms with Crippen molar-refractivity contribution in [3.8, 4) is 5.75 Å². The number of para-hydroxylation sites is 1. The number of piperidine rings is 1. The van der Waals surface area contributed by atoms with Crippen molar-refractivity contribution in [2.75, 3.05) is 26.2 Å². The number of aliphatic hydroxyl groups is 1. The minimum atomic E-state index is -1.02. The molecule has 0 amide bonds. The second-order valence-corrected chi connectivity index (χ2v) is 7.06. The van der Waals surface area contributed by atoms with Crippen LogP contribution in [-0.2, 0) is 0 Å². The SMILES string of the molecule is Cc1cn([C@@H]2CN(CCOc3ccccc3)CC[C@@]2(C)O)c(=O)[nH]c1=O. The van der Waals surface area contributed by atoms with Crippen LogP contribution in [0.25, 0.3) is 0 Å². The molecule has 0 spiro atoms. The first-order valence-electron chi connectivity index (χ1n) is 8.81. The summed E-state index contributed by atoms with van der Waals surface area (Å²) in [6, 6.07) is 9.17. The number of hydrogen-bond donors (Lipinski definition) is 2. The van der Waals surface area contributed by atoms with E-state index in [-0.39, 0.29) is 0 Å². The number of benzene rings is 1. The summed E-state index contributed by atoms with van der Waals surface area (Å²) in [4.78, 5) is 28.3. The molecule has 0 bridgehead atoms. The van der Waals surface area contributed by atoms with Crippen molar-refractivity contribution in [3.05, 3.63) is 62.9 Å². The zero-order valence-corrected chi connectivity index (χ0v) is 15.1. The highest BCUT2D eigenvalue weighted by atomic mass is 16.5. The maximum Gasteiger partial charge on any atom is 0.328 e. The van der Waals surface area contributed by atoms with E-state index in [1.807, 2.05) is 30.3 Å². The lowest BCUT2D eigenvalue weighted by Crippen LogP contribution is -2.54. The zero-order chi connectivity index (χ0) is 18.7. The minimum Gasteiger partial charge on any atom is -0.492 e. The van der Waals surface area contributed by atoms with Crippen molar-refractivity contribution < 1.29 is 9.84 Å². The molecule has 2 aromatic rings. The molecule has 0 aliphatic carbocycles. The van der Waals surface area contributed by atoms with Gasteiger partial charge in [-0.05, 0) is 32.4 Å². The third-order valence-corrected chi connectivity index (χ3v) is 4.98. The summed E-state index contributed by atoms with van der Waals surface area (Å²) >= 11 is 0. The smallest absolute Gasteiger partial charge is 0.328 e. The molecule has 2 N–H and O–H groups in total. The Hall–Kier alpha value is -2.38. The van der Waals surface area contributed by atoms with Crippen LogP contribution in [0.15, 0.2) is 46.1 Å². The van der Waals surface area contributed by atoms with Gasteiger partial charge in [0.05, 0.1) is 11.6 Å². The second kappa shape index (κ2) is 7.47. The predicted molar refractivity (Wildman–Crippen MR) is 98.7 cm³/mol. The lowest BCUT2D eigenvalue weighted by molar-refractivity contribution is -0.0540. The first kappa shape index (κ1) is 18.4. The van der Waals surface area contributed by atoms with Crippen LogP contribution in [0.1, 0.15) is 24.9 Å². The van der Waals surface area contributed by atoms with Gasteiger partial charge >= 0.3 is 5.69 Å². The van der Waals surface area contributed by atoms with Gasteiger partial charge in [0.15, 0.2) is 0 Å².